The zero-order valence-corrected chi connectivity index (χ0v) is 13.0. The highest BCUT2D eigenvalue weighted by Crippen LogP contribution is 2.32. The molecule has 22 heavy (non-hydrogen) atoms. The van der Waals surface area contributed by atoms with Gasteiger partial charge in [-0.05, 0) is 50.0 Å². The summed E-state index contributed by atoms with van der Waals surface area (Å²) in [4.78, 5) is 15.4. The molecule has 2 aliphatic heterocycles. The van der Waals surface area contributed by atoms with Gasteiger partial charge in [0.1, 0.15) is 18.9 Å². The first-order valence-corrected chi connectivity index (χ1v) is 8.17. The van der Waals surface area contributed by atoms with Gasteiger partial charge in [-0.3, -0.25) is 4.79 Å². The number of nitrogens with zero attached hydrogens (tertiary/aromatic N) is 2. The number of ether oxygens (including phenoxy) is 1. The van der Waals surface area contributed by atoms with Crippen LogP contribution in [0.15, 0.2) is 18.2 Å². The first kappa shape index (κ1) is 15.2. The first-order chi connectivity index (χ1) is 10.7. The summed E-state index contributed by atoms with van der Waals surface area (Å²) in [6, 6.07) is 6.18. The van der Waals surface area contributed by atoms with Crippen molar-refractivity contribution in [3.05, 3.63) is 23.8 Å². The molecule has 0 spiro atoms. The van der Waals surface area contributed by atoms with Crippen LogP contribution in [-0.2, 0) is 11.2 Å². The van der Waals surface area contributed by atoms with E-state index in [-0.39, 0.29) is 6.54 Å². The average Bonchev–Trinajstić information content (AvgIpc) is 2.54. The predicted molar refractivity (Wildman–Crippen MR) is 85.8 cm³/mol. The smallest absolute Gasteiger partial charge is 0.323 e. The van der Waals surface area contributed by atoms with Crippen LogP contribution in [-0.4, -0.2) is 55.3 Å². The summed E-state index contributed by atoms with van der Waals surface area (Å²) < 4.78 is 5.64. The zero-order valence-electron chi connectivity index (χ0n) is 13.0. The Kier molecular flexibility index (Phi) is 4.83. The quantitative estimate of drug-likeness (QED) is 0.901. The standard InChI is InChI=1S/C17H24N2O3/c20-17(21)13-19-10-11-22-16-5-4-14(12-15(16)19)6-9-18-7-2-1-3-8-18/h4-5,12H,1-3,6-11,13H2,(H,20,21). The highest BCUT2D eigenvalue weighted by Gasteiger charge is 2.20. The third-order valence-electron chi connectivity index (χ3n) is 4.47. The lowest BCUT2D eigenvalue weighted by molar-refractivity contribution is -0.135. The van der Waals surface area contributed by atoms with Gasteiger partial charge in [0, 0.05) is 6.54 Å². The molecule has 0 bridgehead atoms. The number of carboxylic acid groups (broad SMARTS) is 1. The normalized spacial score (nSPS) is 18.6. The molecule has 3 rings (SSSR count). The summed E-state index contributed by atoms with van der Waals surface area (Å²) in [5.74, 6) is 0.000734. The van der Waals surface area contributed by atoms with Gasteiger partial charge in [0.25, 0.3) is 0 Å². The number of fused-ring (bicyclic) bond motifs is 1. The molecule has 1 saturated heterocycles. The molecule has 0 saturated carbocycles. The molecule has 5 heteroatoms. The van der Waals surface area contributed by atoms with Crippen molar-refractivity contribution in [2.24, 2.45) is 0 Å². The van der Waals surface area contributed by atoms with E-state index in [2.05, 4.69) is 17.0 Å². The third-order valence-corrected chi connectivity index (χ3v) is 4.47. The van der Waals surface area contributed by atoms with Gasteiger partial charge < -0.3 is 19.6 Å². The first-order valence-electron chi connectivity index (χ1n) is 8.17. The molecule has 0 amide bonds. The maximum absolute atomic E-state index is 11.0. The van der Waals surface area contributed by atoms with E-state index in [1.165, 1.54) is 37.9 Å². The van der Waals surface area contributed by atoms with E-state index in [0.29, 0.717) is 13.2 Å². The average molecular weight is 304 g/mol. The second-order valence-corrected chi connectivity index (χ2v) is 6.12. The Balaban J connectivity index is 1.67. The van der Waals surface area contributed by atoms with E-state index in [4.69, 9.17) is 9.84 Å². The second-order valence-electron chi connectivity index (χ2n) is 6.12. The molecule has 0 unspecified atom stereocenters. The number of likely N-dealkylation sites (tertiary alicyclic amines) is 1. The van der Waals surface area contributed by atoms with Gasteiger partial charge in [0.05, 0.1) is 12.2 Å². The van der Waals surface area contributed by atoms with Crippen molar-refractivity contribution < 1.29 is 14.6 Å². The van der Waals surface area contributed by atoms with Gasteiger partial charge in [-0.2, -0.15) is 0 Å². The minimum atomic E-state index is -0.799. The van der Waals surface area contributed by atoms with Crippen LogP contribution in [0.1, 0.15) is 24.8 Å². The molecular weight excluding hydrogens is 280 g/mol. The lowest BCUT2D eigenvalue weighted by Crippen LogP contribution is -2.36. The number of hydrogen-bond acceptors (Lipinski definition) is 4. The largest absolute Gasteiger partial charge is 0.490 e. The van der Waals surface area contributed by atoms with E-state index in [9.17, 15) is 4.79 Å². The summed E-state index contributed by atoms with van der Waals surface area (Å²) in [5.41, 5.74) is 2.18. The lowest BCUT2D eigenvalue weighted by atomic mass is 10.1. The van der Waals surface area contributed by atoms with E-state index >= 15 is 0 Å². The van der Waals surface area contributed by atoms with Crippen LogP contribution in [0.3, 0.4) is 0 Å². The van der Waals surface area contributed by atoms with Gasteiger partial charge in [-0.25, -0.2) is 0 Å². The third kappa shape index (κ3) is 3.71. The number of piperidine rings is 1. The summed E-state index contributed by atoms with van der Waals surface area (Å²) in [7, 11) is 0. The molecule has 2 aliphatic rings. The molecule has 120 valence electrons. The molecule has 0 atom stereocenters. The summed E-state index contributed by atoms with van der Waals surface area (Å²) in [5, 5.41) is 9.05. The van der Waals surface area contributed by atoms with Gasteiger partial charge in [0.15, 0.2) is 0 Å². The molecule has 1 fully saturated rings. The van der Waals surface area contributed by atoms with Crippen LogP contribution in [0.2, 0.25) is 0 Å². The zero-order chi connectivity index (χ0) is 15.4. The maximum atomic E-state index is 11.0. The van der Waals surface area contributed by atoms with Crippen LogP contribution in [0.5, 0.6) is 5.75 Å². The molecule has 1 aromatic rings. The number of aliphatic carboxylic acids is 1. The Morgan fingerprint density at radius 3 is 2.77 bits per heavy atom. The van der Waals surface area contributed by atoms with Gasteiger partial charge in [-0.1, -0.05) is 12.5 Å². The van der Waals surface area contributed by atoms with E-state index in [1.807, 2.05) is 11.0 Å². The Bertz CT molecular complexity index is 527. The highest BCUT2D eigenvalue weighted by molar-refractivity contribution is 5.75. The molecule has 1 aromatic carbocycles. The molecule has 2 heterocycles. The van der Waals surface area contributed by atoms with Gasteiger partial charge in [-0.15, -0.1) is 0 Å². The predicted octanol–water partition coefficient (Wildman–Crippen LogP) is 2.00. The van der Waals surface area contributed by atoms with Crippen molar-refractivity contribution >= 4 is 11.7 Å². The molecule has 0 radical (unpaired) electrons. The van der Waals surface area contributed by atoms with Crippen LogP contribution in [0.25, 0.3) is 0 Å². The minimum absolute atomic E-state index is 0.0337. The van der Waals surface area contributed by atoms with Crippen LogP contribution in [0, 0.1) is 0 Å². The second kappa shape index (κ2) is 7.01. The van der Waals surface area contributed by atoms with Crippen LogP contribution >= 0.6 is 0 Å². The van der Waals surface area contributed by atoms with Crippen molar-refractivity contribution in [1.29, 1.82) is 0 Å². The molecule has 0 aliphatic carbocycles. The highest BCUT2D eigenvalue weighted by atomic mass is 16.5. The summed E-state index contributed by atoms with van der Waals surface area (Å²) >= 11 is 0. The minimum Gasteiger partial charge on any atom is -0.490 e. The molecular formula is C17H24N2O3. The molecule has 0 aromatic heterocycles. The topological polar surface area (TPSA) is 53.0 Å². The number of carboxylic acids is 1. The number of hydrogen-bond donors (Lipinski definition) is 1. The van der Waals surface area contributed by atoms with E-state index in [1.54, 1.807) is 0 Å². The lowest BCUT2D eigenvalue weighted by Gasteiger charge is -2.30. The number of rotatable bonds is 5. The maximum Gasteiger partial charge on any atom is 0.323 e. The van der Waals surface area contributed by atoms with E-state index < -0.39 is 5.97 Å². The van der Waals surface area contributed by atoms with E-state index in [0.717, 1.165) is 24.4 Å². The monoisotopic (exact) mass is 304 g/mol. The fourth-order valence-electron chi connectivity index (χ4n) is 3.27. The van der Waals surface area contributed by atoms with Crippen LogP contribution in [0.4, 0.5) is 5.69 Å². The van der Waals surface area contributed by atoms with Crippen LogP contribution < -0.4 is 9.64 Å². The van der Waals surface area contributed by atoms with Crippen molar-refractivity contribution in [3.8, 4) is 5.75 Å². The SMILES string of the molecule is O=C(O)CN1CCOc2ccc(CCN3CCCCC3)cc21. The number of benzene rings is 1. The summed E-state index contributed by atoms with van der Waals surface area (Å²) in [6.45, 7) is 4.71. The Hall–Kier alpha value is -1.75. The van der Waals surface area contributed by atoms with Gasteiger partial charge in [0.2, 0.25) is 0 Å². The summed E-state index contributed by atoms with van der Waals surface area (Å²) in [6.07, 6.45) is 4.99. The van der Waals surface area contributed by atoms with Crippen molar-refractivity contribution in [3.63, 3.8) is 0 Å². The fraction of sp³-hybridized carbons (Fsp3) is 0.588. The number of carbonyl (C=O) groups is 1. The number of anilines is 1. The van der Waals surface area contributed by atoms with Crippen molar-refractivity contribution in [1.82, 2.24) is 4.90 Å². The van der Waals surface area contributed by atoms with Gasteiger partial charge >= 0.3 is 5.97 Å². The Morgan fingerprint density at radius 2 is 2.00 bits per heavy atom. The molecule has 1 N–H and O–H groups in total. The Labute approximate surface area is 131 Å². The van der Waals surface area contributed by atoms with Crippen molar-refractivity contribution in [2.75, 3.05) is 44.2 Å². The Morgan fingerprint density at radius 1 is 1.18 bits per heavy atom. The van der Waals surface area contributed by atoms with Crippen molar-refractivity contribution in [2.45, 2.75) is 25.7 Å². The molecule has 5 nitrogen and oxygen atoms in total. The fourth-order valence-corrected chi connectivity index (χ4v) is 3.27.